The SMILES string of the molecule is CC(=O)c1nccc(-c2cc(Cl)ccc2F)n1. The first-order valence-electron chi connectivity index (χ1n) is 4.87. The predicted octanol–water partition coefficient (Wildman–Crippen LogP) is 3.14. The number of hydrogen-bond donors (Lipinski definition) is 0. The highest BCUT2D eigenvalue weighted by Crippen LogP contribution is 2.24. The fraction of sp³-hybridized carbons (Fsp3) is 0.0833. The van der Waals surface area contributed by atoms with Crippen LogP contribution in [0.3, 0.4) is 0 Å². The van der Waals surface area contributed by atoms with Gasteiger partial charge in [0.1, 0.15) is 5.82 Å². The molecule has 0 N–H and O–H groups in total. The van der Waals surface area contributed by atoms with Crippen molar-refractivity contribution in [3.05, 3.63) is 47.1 Å². The van der Waals surface area contributed by atoms with Crippen molar-refractivity contribution in [2.24, 2.45) is 0 Å². The molecule has 0 saturated carbocycles. The van der Waals surface area contributed by atoms with E-state index >= 15 is 0 Å². The topological polar surface area (TPSA) is 42.9 Å². The van der Waals surface area contributed by atoms with E-state index in [0.717, 1.165) is 0 Å². The van der Waals surface area contributed by atoms with Crippen molar-refractivity contribution >= 4 is 17.4 Å². The van der Waals surface area contributed by atoms with Crippen LogP contribution >= 0.6 is 11.6 Å². The van der Waals surface area contributed by atoms with Gasteiger partial charge in [-0.3, -0.25) is 4.79 Å². The van der Waals surface area contributed by atoms with Gasteiger partial charge in [-0.2, -0.15) is 0 Å². The summed E-state index contributed by atoms with van der Waals surface area (Å²) in [6, 6.07) is 5.70. The first-order chi connectivity index (χ1) is 8.08. The maximum atomic E-state index is 13.6. The van der Waals surface area contributed by atoms with Crippen molar-refractivity contribution in [2.75, 3.05) is 0 Å². The monoisotopic (exact) mass is 250 g/mol. The Balaban J connectivity index is 2.56. The second-order valence-corrected chi connectivity index (χ2v) is 3.88. The fourth-order valence-corrected chi connectivity index (χ4v) is 1.54. The van der Waals surface area contributed by atoms with Crippen LogP contribution in [-0.4, -0.2) is 15.8 Å². The van der Waals surface area contributed by atoms with Crippen LogP contribution in [0.15, 0.2) is 30.5 Å². The maximum absolute atomic E-state index is 13.6. The zero-order valence-electron chi connectivity index (χ0n) is 8.95. The lowest BCUT2D eigenvalue weighted by atomic mass is 10.1. The smallest absolute Gasteiger partial charge is 0.196 e. The Morgan fingerprint density at radius 3 is 2.82 bits per heavy atom. The lowest BCUT2D eigenvalue weighted by Gasteiger charge is -2.04. The molecule has 1 heterocycles. The number of carbonyl (C=O) groups excluding carboxylic acids is 1. The van der Waals surface area contributed by atoms with Crippen LogP contribution in [0.1, 0.15) is 17.5 Å². The van der Waals surface area contributed by atoms with Gasteiger partial charge in [-0.1, -0.05) is 11.6 Å². The van der Waals surface area contributed by atoms with Crippen molar-refractivity contribution in [3.8, 4) is 11.3 Å². The highest BCUT2D eigenvalue weighted by Gasteiger charge is 2.10. The summed E-state index contributed by atoms with van der Waals surface area (Å²) in [7, 11) is 0. The molecule has 0 bridgehead atoms. The molecule has 0 fully saturated rings. The predicted molar refractivity (Wildman–Crippen MR) is 62.4 cm³/mol. The summed E-state index contributed by atoms with van der Waals surface area (Å²) >= 11 is 5.79. The molecule has 0 radical (unpaired) electrons. The molecule has 3 nitrogen and oxygen atoms in total. The van der Waals surface area contributed by atoms with Gasteiger partial charge in [0.15, 0.2) is 11.6 Å². The number of halogens is 2. The van der Waals surface area contributed by atoms with E-state index in [4.69, 9.17) is 11.6 Å². The summed E-state index contributed by atoms with van der Waals surface area (Å²) < 4.78 is 13.6. The second kappa shape index (κ2) is 4.59. The fourth-order valence-electron chi connectivity index (χ4n) is 1.37. The summed E-state index contributed by atoms with van der Waals surface area (Å²) in [5.74, 6) is -0.654. The quantitative estimate of drug-likeness (QED) is 0.769. The molecule has 0 aliphatic heterocycles. The first kappa shape index (κ1) is 11.7. The Kier molecular flexibility index (Phi) is 3.15. The molecule has 2 aromatic rings. The summed E-state index contributed by atoms with van der Waals surface area (Å²) in [6.45, 7) is 1.35. The molecular formula is C12H8ClFN2O. The van der Waals surface area contributed by atoms with Gasteiger partial charge >= 0.3 is 0 Å². The number of Topliss-reactive ketones (excluding diaryl/α,β-unsaturated/α-hetero) is 1. The van der Waals surface area contributed by atoms with E-state index in [1.807, 2.05) is 0 Å². The van der Waals surface area contributed by atoms with Gasteiger partial charge in [-0.25, -0.2) is 14.4 Å². The number of ketones is 1. The zero-order chi connectivity index (χ0) is 12.4. The van der Waals surface area contributed by atoms with Crippen LogP contribution < -0.4 is 0 Å². The van der Waals surface area contributed by atoms with E-state index in [2.05, 4.69) is 9.97 Å². The molecule has 2 rings (SSSR count). The second-order valence-electron chi connectivity index (χ2n) is 3.45. The minimum Gasteiger partial charge on any atom is -0.291 e. The number of nitrogens with zero attached hydrogens (tertiary/aromatic N) is 2. The maximum Gasteiger partial charge on any atom is 0.196 e. The highest BCUT2D eigenvalue weighted by atomic mass is 35.5. The largest absolute Gasteiger partial charge is 0.291 e. The number of rotatable bonds is 2. The molecule has 0 spiro atoms. The normalized spacial score (nSPS) is 10.3. The molecule has 0 aliphatic carbocycles. The van der Waals surface area contributed by atoms with E-state index in [9.17, 15) is 9.18 Å². The Hall–Kier alpha value is -1.81. The first-order valence-corrected chi connectivity index (χ1v) is 5.25. The number of aromatic nitrogens is 2. The number of hydrogen-bond acceptors (Lipinski definition) is 3. The van der Waals surface area contributed by atoms with Gasteiger partial charge in [-0.05, 0) is 24.3 Å². The molecule has 86 valence electrons. The van der Waals surface area contributed by atoms with Crippen molar-refractivity contribution in [1.82, 2.24) is 9.97 Å². The van der Waals surface area contributed by atoms with E-state index in [0.29, 0.717) is 10.7 Å². The van der Waals surface area contributed by atoms with Gasteiger partial charge in [0.25, 0.3) is 0 Å². The van der Waals surface area contributed by atoms with Crippen LogP contribution in [0.2, 0.25) is 5.02 Å². The Labute approximate surface area is 102 Å². The number of carbonyl (C=O) groups is 1. The van der Waals surface area contributed by atoms with Crippen LogP contribution in [-0.2, 0) is 0 Å². The third-order valence-electron chi connectivity index (χ3n) is 2.17. The molecule has 0 amide bonds. The number of benzene rings is 1. The van der Waals surface area contributed by atoms with Gasteiger partial charge in [-0.15, -0.1) is 0 Å². The van der Waals surface area contributed by atoms with Gasteiger partial charge in [0.05, 0.1) is 5.69 Å². The standard InChI is InChI=1S/C12H8ClFN2O/c1-7(17)12-15-5-4-11(16-12)9-6-8(13)2-3-10(9)14/h2-6H,1H3. The molecule has 0 saturated heterocycles. The molecule has 0 atom stereocenters. The van der Waals surface area contributed by atoms with Gasteiger partial charge in [0.2, 0.25) is 0 Å². The Bertz CT molecular complexity index is 586. The molecule has 0 unspecified atom stereocenters. The third-order valence-corrected chi connectivity index (χ3v) is 2.41. The van der Waals surface area contributed by atoms with Crippen LogP contribution in [0.25, 0.3) is 11.3 Å². The Morgan fingerprint density at radius 2 is 2.12 bits per heavy atom. The zero-order valence-corrected chi connectivity index (χ0v) is 9.70. The van der Waals surface area contributed by atoms with Crippen molar-refractivity contribution in [1.29, 1.82) is 0 Å². The highest BCUT2D eigenvalue weighted by molar-refractivity contribution is 6.30. The minimum atomic E-state index is -0.442. The molecule has 1 aromatic heterocycles. The summed E-state index contributed by atoms with van der Waals surface area (Å²) in [4.78, 5) is 18.9. The molecule has 0 aliphatic rings. The average molecular weight is 251 g/mol. The van der Waals surface area contributed by atoms with Gasteiger partial charge < -0.3 is 0 Å². The van der Waals surface area contributed by atoms with E-state index < -0.39 is 5.82 Å². The summed E-state index contributed by atoms with van der Waals surface area (Å²) in [5.41, 5.74) is 0.590. The Morgan fingerprint density at radius 1 is 1.35 bits per heavy atom. The molecule has 1 aromatic carbocycles. The molecule has 5 heteroatoms. The minimum absolute atomic E-state index is 0.0573. The lowest BCUT2D eigenvalue weighted by Crippen LogP contribution is -2.01. The summed E-state index contributed by atoms with van der Waals surface area (Å²) in [6.07, 6.45) is 1.42. The van der Waals surface area contributed by atoms with Crippen molar-refractivity contribution in [3.63, 3.8) is 0 Å². The molecule has 17 heavy (non-hydrogen) atoms. The van der Waals surface area contributed by atoms with Gasteiger partial charge in [0, 0.05) is 23.7 Å². The van der Waals surface area contributed by atoms with E-state index in [1.165, 1.54) is 37.4 Å². The van der Waals surface area contributed by atoms with Crippen molar-refractivity contribution in [2.45, 2.75) is 6.92 Å². The summed E-state index contributed by atoms with van der Waals surface area (Å²) in [5, 5.41) is 0.407. The third kappa shape index (κ3) is 2.47. The van der Waals surface area contributed by atoms with Crippen molar-refractivity contribution < 1.29 is 9.18 Å². The van der Waals surface area contributed by atoms with Crippen LogP contribution in [0, 0.1) is 5.82 Å². The van der Waals surface area contributed by atoms with E-state index in [1.54, 1.807) is 0 Å². The molecular weight excluding hydrogens is 243 g/mol. The lowest BCUT2D eigenvalue weighted by molar-refractivity contribution is 0.100. The van der Waals surface area contributed by atoms with E-state index in [-0.39, 0.29) is 17.2 Å². The average Bonchev–Trinajstić information content (AvgIpc) is 2.32. The van der Waals surface area contributed by atoms with Crippen LogP contribution in [0.5, 0.6) is 0 Å². The van der Waals surface area contributed by atoms with Crippen LogP contribution in [0.4, 0.5) is 4.39 Å².